The predicted octanol–water partition coefficient (Wildman–Crippen LogP) is 2.23. The molecule has 0 unspecified atom stereocenters. The van der Waals surface area contributed by atoms with Crippen LogP contribution in [-0.4, -0.2) is 35.2 Å². The number of halogens is 1. The maximum atomic E-state index is 13.9. The van der Waals surface area contributed by atoms with E-state index in [1.807, 2.05) is 0 Å². The topological polar surface area (TPSA) is 129 Å². The minimum Gasteiger partial charge on any atom is -0.481 e. The van der Waals surface area contributed by atoms with Crippen LogP contribution in [0.2, 0.25) is 0 Å². The number of nitrogens with two attached hydrogens (primary N) is 1. The fourth-order valence-corrected chi connectivity index (χ4v) is 3.20. The van der Waals surface area contributed by atoms with Gasteiger partial charge in [0.2, 0.25) is 0 Å². The van der Waals surface area contributed by atoms with E-state index in [0.717, 1.165) is 0 Å². The third-order valence-electron chi connectivity index (χ3n) is 4.57. The molecule has 4 rings (SSSR count). The van der Waals surface area contributed by atoms with Crippen molar-refractivity contribution in [2.75, 3.05) is 5.73 Å². The van der Waals surface area contributed by atoms with Gasteiger partial charge >= 0.3 is 5.97 Å². The zero-order chi connectivity index (χ0) is 21.3. The Labute approximate surface area is 169 Å². The number of anilines is 1. The number of pyridine rings is 1. The van der Waals surface area contributed by atoms with Crippen molar-refractivity contribution in [1.29, 1.82) is 0 Å². The van der Waals surface area contributed by atoms with Gasteiger partial charge in [0.25, 0.3) is 5.56 Å². The first-order chi connectivity index (χ1) is 14.4. The van der Waals surface area contributed by atoms with E-state index in [-0.39, 0.29) is 24.3 Å². The summed E-state index contributed by atoms with van der Waals surface area (Å²) >= 11 is 0. The van der Waals surface area contributed by atoms with E-state index >= 15 is 0 Å². The van der Waals surface area contributed by atoms with Gasteiger partial charge in [-0.25, -0.2) is 19.3 Å². The highest BCUT2D eigenvalue weighted by Gasteiger charge is 2.18. The summed E-state index contributed by atoms with van der Waals surface area (Å²) in [6, 6.07) is 8.90. The van der Waals surface area contributed by atoms with Crippen molar-refractivity contribution in [3.63, 3.8) is 0 Å². The van der Waals surface area contributed by atoms with Crippen molar-refractivity contribution in [3.8, 4) is 17.1 Å². The maximum Gasteiger partial charge on any atom is 0.303 e. The normalized spacial score (nSPS) is 11.1. The highest BCUT2D eigenvalue weighted by atomic mass is 19.1. The lowest BCUT2D eigenvalue weighted by Crippen LogP contribution is -2.20. The molecule has 3 heterocycles. The van der Waals surface area contributed by atoms with Crippen LogP contribution in [0, 0.1) is 5.82 Å². The number of carbonyl (C=O) groups is 1. The van der Waals surface area contributed by atoms with Crippen LogP contribution in [-0.2, 0) is 11.3 Å². The minimum atomic E-state index is -0.930. The number of imidazole rings is 1. The molecule has 0 bridgehead atoms. The number of nitrogen functional groups attached to an aromatic ring is 1. The molecule has 4 aromatic rings. The molecule has 9 nitrogen and oxygen atoms in total. The van der Waals surface area contributed by atoms with E-state index in [1.165, 1.54) is 29.1 Å². The maximum absolute atomic E-state index is 13.9. The fourth-order valence-electron chi connectivity index (χ4n) is 3.20. The Morgan fingerprint density at radius 2 is 2.03 bits per heavy atom. The average Bonchev–Trinajstić information content (AvgIpc) is 3.10. The van der Waals surface area contributed by atoms with E-state index in [9.17, 15) is 14.0 Å². The van der Waals surface area contributed by atoms with Crippen molar-refractivity contribution in [2.24, 2.45) is 0 Å². The molecular weight excluding hydrogens is 391 g/mol. The van der Waals surface area contributed by atoms with Crippen molar-refractivity contribution in [3.05, 3.63) is 65.1 Å². The third kappa shape index (κ3) is 3.62. The fraction of sp³-hybridized carbons (Fsp3) is 0.150. The summed E-state index contributed by atoms with van der Waals surface area (Å²) in [5.74, 6) is -0.803. The van der Waals surface area contributed by atoms with E-state index in [1.54, 1.807) is 29.0 Å². The Morgan fingerprint density at radius 1 is 1.20 bits per heavy atom. The van der Waals surface area contributed by atoms with Gasteiger partial charge in [-0.3, -0.25) is 14.2 Å². The largest absolute Gasteiger partial charge is 0.481 e. The van der Waals surface area contributed by atoms with Crippen LogP contribution in [0.3, 0.4) is 0 Å². The Hall–Kier alpha value is -4.08. The Bertz CT molecular complexity index is 1310. The zero-order valence-electron chi connectivity index (χ0n) is 15.7. The molecule has 0 fully saturated rings. The Balaban J connectivity index is 1.90. The van der Waals surface area contributed by atoms with Crippen molar-refractivity contribution < 1.29 is 14.3 Å². The van der Waals surface area contributed by atoms with Gasteiger partial charge in [0.05, 0.1) is 5.69 Å². The minimum absolute atomic E-state index is 0.0526. The van der Waals surface area contributed by atoms with Gasteiger partial charge in [-0.2, -0.15) is 0 Å². The van der Waals surface area contributed by atoms with Crippen molar-refractivity contribution in [1.82, 2.24) is 24.1 Å². The lowest BCUT2D eigenvalue weighted by Gasteiger charge is -2.12. The number of nitrogens with zero attached hydrogens (tertiary/aromatic N) is 5. The molecule has 0 amide bonds. The number of rotatable bonds is 6. The average molecular weight is 408 g/mol. The molecule has 0 saturated carbocycles. The van der Waals surface area contributed by atoms with Gasteiger partial charge in [0, 0.05) is 30.8 Å². The number of aryl methyl sites for hydroxylation is 1. The van der Waals surface area contributed by atoms with Crippen LogP contribution in [0.5, 0.6) is 0 Å². The number of aromatic nitrogens is 5. The predicted molar refractivity (Wildman–Crippen MR) is 108 cm³/mol. The standard InChI is InChI=1S/C20H17FN6O3/c21-13-4-1-3-12(9-13)19-25-17-18(22)23-11-24-20(17)27(19)14-6-7-15(28)26(10-14)8-2-5-16(29)30/h1,3-4,6-7,9-11H,2,5,8H2,(H,29,30)(H2,22,23,24). The van der Waals surface area contributed by atoms with Gasteiger partial charge in [-0.1, -0.05) is 12.1 Å². The quantitative estimate of drug-likeness (QED) is 0.500. The molecule has 0 aliphatic carbocycles. The zero-order valence-corrected chi connectivity index (χ0v) is 15.7. The first-order valence-electron chi connectivity index (χ1n) is 9.11. The molecule has 30 heavy (non-hydrogen) atoms. The Kier molecular flexibility index (Phi) is 4.97. The number of aliphatic carboxylic acids is 1. The van der Waals surface area contributed by atoms with Crippen LogP contribution in [0.1, 0.15) is 12.8 Å². The summed E-state index contributed by atoms with van der Waals surface area (Å²) in [6.07, 6.45) is 3.14. The summed E-state index contributed by atoms with van der Waals surface area (Å²) in [4.78, 5) is 35.8. The second-order valence-electron chi connectivity index (χ2n) is 6.63. The van der Waals surface area contributed by atoms with Crippen LogP contribution in [0.25, 0.3) is 28.2 Å². The highest BCUT2D eigenvalue weighted by Crippen LogP contribution is 2.29. The Morgan fingerprint density at radius 3 is 2.80 bits per heavy atom. The molecule has 0 saturated heterocycles. The van der Waals surface area contributed by atoms with Crippen molar-refractivity contribution >= 4 is 23.0 Å². The van der Waals surface area contributed by atoms with Crippen molar-refractivity contribution in [2.45, 2.75) is 19.4 Å². The van der Waals surface area contributed by atoms with Crippen LogP contribution < -0.4 is 11.3 Å². The molecule has 1 aromatic carbocycles. The van der Waals surface area contributed by atoms with Gasteiger partial charge in [-0.15, -0.1) is 0 Å². The van der Waals surface area contributed by atoms with Gasteiger partial charge in [-0.05, 0) is 24.6 Å². The number of carboxylic acid groups (broad SMARTS) is 1. The lowest BCUT2D eigenvalue weighted by atomic mass is 10.2. The smallest absolute Gasteiger partial charge is 0.303 e. The van der Waals surface area contributed by atoms with E-state index in [0.29, 0.717) is 34.7 Å². The summed E-state index contributed by atoms with van der Waals surface area (Å²) in [5, 5.41) is 8.84. The number of benzene rings is 1. The molecular formula is C20H17FN6O3. The molecule has 3 N–H and O–H groups in total. The third-order valence-corrected chi connectivity index (χ3v) is 4.57. The number of hydrogen-bond donors (Lipinski definition) is 2. The van der Waals surface area contributed by atoms with Crippen LogP contribution >= 0.6 is 0 Å². The summed E-state index contributed by atoms with van der Waals surface area (Å²) in [6.45, 7) is 0.234. The van der Waals surface area contributed by atoms with Gasteiger partial charge < -0.3 is 15.4 Å². The SMILES string of the molecule is Nc1ncnc2c1nc(-c1cccc(F)c1)n2-c1ccc(=O)n(CCCC(=O)O)c1. The van der Waals surface area contributed by atoms with Crippen LogP contribution in [0.4, 0.5) is 10.2 Å². The number of fused-ring (bicyclic) bond motifs is 1. The van der Waals surface area contributed by atoms with E-state index in [4.69, 9.17) is 10.8 Å². The summed E-state index contributed by atoms with van der Waals surface area (Å²) in [7, 11) is 0. The molecule has 152 valence electrons. The summed E-state index contributed by atoms with van der Waals surface area (Å²) in [5.41, 5.74) is 7.48. The molecule has 0 spiro atoms. The second kappa shape index (κ2) is 7.74. The van der Waals surface area contributed by atoms with Gasteiger partial charge in [0.1, 0.15) is 18.0 Å². The summed E-state index contributed by atoms with van der Waals surface area (Å²) < 4.78 is 16.9. The second-order valence-corrected chi connectivity index (χ2v) is 6.63. The first kappa shape index (κ1) is 19.2. The van der Waals surface area contributed by atoms with E-state index in [2.05, 4.69) is 15.0 Å². The highest BCUT2D eigenvalue weighted by molar-refractivity contribution is 5.87. The molecule has 0 aliphatic rings. The number of carboxylic acids is 1. The van der Waals surface area contributed by atoms with Crippen LogP contribution in [0.15, 0.2) is 53.7 Å². The molecule has 10 heteroatoms. The molecule has 3 aromatic heterocycles. The van der Waals surface area contributed by atoms with Gasteiger partial charge in [0.15, 0.2) is 17.0 Å². The molecule has 0 atom stereocenters. The lowest BCUT2D eigenvalue weighted by molar-refractivity contribution is -0.137. The monoisotopic (exact) mass is 408 g/mol. The molecule has 0 radical (unpaired) electrons. The number of hydrogen-bond acceptors (Lipinski definition) is 6. The first-order valence-corrected chi connectivity index (χ1v) is 9.11. The molecule has 0 aliphatic heterocycles. The van der Waals surface area contributed by atoms with E-state index < -0.39 is 11.8 Å².